The van der Waals surface area contributed by atoms with E-state index >= 15 is 0 Å². The average molecular weight is 417 g/mol. The standard InChI is InChI=1S/C17H13ClN6O3S/c1-28(26,27)23-15-6-13(18)5-14(7-15)22-17(25)12-9-21-24(10-12)16-11(8-19)3-2-4-20-16/h2-7,9-10,23H,1H3,(H,22,25). The molecule has 0 unspecified atom stereocenters. The van der Waals surface area contributed by atoms with Crippen molar-refractivity contribution < 1.29 is 13.2 Å². The Bertz CT molecular complexity index is 1200. The smallest absolute Gasteiger partial charge is 0.258 e. The maximum atomic E-state index is 12.5. The van der Waals surface area contributed by atoms with Gasteiger partial charge in [0, 0.05) is 23.1 Å². The van der Waals surface area contributed by atoms with Crippen LogP contribution < -0.4 is 10.0 Å². The summed E-state index contributed by atoms with van der Waals surface area (Å²) in [6.07, 6.45) is 5.28. The van der Waals surface area contributed by atoms with E-state index in [0.29, 0.717) is 17.1 Å². The Balaban J connectivity index is 1.83. The van der Waals surface area contributed by atoms with Gasteiger partial charge < -0.3 is 5.32 Å². The molecule has 2 aromatic heterocycles. The molecule has 0 aliphatic carbocycles. The Labute approximate surface area is 165 Å². The Hall–Kier alpha value is -3.42. The maximum Gasteiger partial charge on any atom is 0.258 e. The van der Waals surface area contributed by atoms with Gasteiger partial charge in [-0.2, -0.15) is 10.4 Å². The summed E-state index contributed by atoms with van der Waals surface area (Å²) in [6, 6.07) is 9.55. The number of anilines is 2. The predicted octanol–water partition coefficient (Wildman–Crippen LogP) is 2.42. The van der Waals surface area contributed by atoms with Crippen LogP contribution in [0.4, 0.5) is 11.4 Å². The lowest BCUT2D eigenvalue weighted by atomic mass is 10.2. The lowest BCUT2D eigenvalue weighted by Crippen LogP contribution is -2.13. The minimum Gasteiger partial charge on any atom is -0.322 e. The van der Waals surface area contributed by atoms with Crippen LogP contribution in [-0.2, 0) is 10.0 Å². The van der Waals surface area contributed by atoms with E-state index in [1.807, 2.05) is 6.07 Å². The van der Waals surface area contributed by atoms with Crippen molar-refractivity contribution in [1.82, 2.24) is 14.8 Å². The van der Waals surface area contributed by atoms with Crippen LogP contribution in [0.5, 0.6) is 0 Å². The van der Waals surface area contributed by atoms with Gasteiger partial charge in [-0.25, -0.2) is 18.1 Å². The summed E-state index contributed by atoms with van der Waals surface area (Å²) in [5.41, 5.74) is 1.04. The summed E-state index contributed by atoms with van der Waals surface area (Å²) in [5, 5.41) is 16.1. The molecule has 0 saturated heterocycles. The average Bonchev–Trinajstić information content (AvgIpc) is 3.09. The lowest BCUT2D eigenvalue weighted by molar-refractivity contribution is 0.102. The molecular weight excluding hydrogens is 404 g/mol. The Morgan fingerprint density at radius 1 is 1.29 bits per heavy atom. The number of hydrogen-bond donors (Lipinski definition) is 2. The first-order valence-electron chi connectivity index (χ1n) is 7.75. The Morgan fingerprint density at radius 2 is 2.04 bits per heavy atom. The van der Waals surface area contributed by atoms with Gasteiger partial charge in [-0.05, 0) is 30.3 Å². The molecule has 0 aliphatic rings. The number of aromatic nitrogens is 3. The quantitative estimate of drug-likeness (QED) is 0.656. The van der Waals surface area contributed by atoms with Gasteiger partial charge >= 0.3 is 0 Å². The van der Waals surface area contributed by atoms with Crippen molar-refractivity contribution in [3.63, 3.8) is 0 Å². The van der Waals surface area contributed by atoms with Crippen LogP contribution in [0.15, 0.2) is 48.9 Å². The molecule has 2 N–H and O–H groups in total. The second-order valence-electron chi connectivity index (χ2n) is 5.72. The van der Waals surface area contributed by atoms with Gasteiger partial charge in [0.25, 0.3) is 5.91 Å². The van der Waals surface area contributed by atoms with E-state index in [1.165, 1.54) is 41.5 Å². The molecule has 1 aromatic carbocycles. The number of benzene rings is 1. The van der Waals surface area contributed by atoms with E-state index in [4.69, 9.17) is 16.9 Å². The van der Waals surface area contributed by atoms with Crippen molar-refractivity contribution in [2.45, 2.75) is 0 Å². The molecule has 0 bridgehead atoms. The third kappa shape index (κ3) is 4.64. The van der Waals surface area contributed by atoms with Crippen LogP contribution in [0.25, 0.3) is 5.82 Å². The molecule has 3 aromatic rings. The van der Waals surface area contributed by atoms with Crippen molar-refractivity contribution in [2.24, 2.45) is 0 Å². The number of hydrogen-bond acceptors (Lipinski definition) is 6. The minimum absolute atomic E-state index is 0.215. The van der Waals surface area contributed by atoms with Crippen LogP contribution >= 0.6 is 11.6 Å². The third-order valence-corrected chi connectivity index (χ3v) is 4.25. The fourth-order valence-corrected chi connectivity index (χ4v) is 3.14. The molecule has 0 saturated carbocycles. The predicted molar refractivity (Wildman–Crippen MR) is 104 cm³/mol. The topological polar surface area (TPSA) is 130 Å². The van der Waals surface area contributed by atoms with E-state index in [0.717, 1.165) is 6.26 Å². The highest BCUT2D eigenvalue weighted by atomic mass is 35.5. The van der Waals surface area contributed by atoms with Crippen LogP contribution in [0.3, 0.4) is 0 Å². The number of halogens is 1. The van der Waals surface area contributed by atoms with Crippen molar-refractivity contribution in [2.75, 3.05) is 16.3 Å². The summed E-state index contributed by atoms with van der Waals surface area (Å²) in [7, 11) is -3.49. The molecular formula is C17H13ClN6O3S. The Kier molecular flexibility index (Phi) is 5.30. The normalized spacial score (nSPS) is 10.9. The summed E-state index contributed by atoms with van der Waals surface area (Å²) < 4.78 is 26.4. The highest BCUT2D eigenvalue weighted by Crippen LogP contribution is 2.24. The first-order valence-corrected chi connectivity index (χ1v) is 10.0. The number of nitriles is 1. The monoisotopic (exact) mass is 416 g/mol. The SMILES string of the molecule is CS(=O)(=O)Nc1cc(Cl)cc(NC(=O)c2cnn(-c3ncccc3C#N)c2)c1. The molecule has 3 rings (SSSR count). The maximum absolute atomic E-state index is 12.5. The van der Waals surface area contributed by atoms with Gasteiger partial charge in [0.1, 0.15) is 6.07 Å². The molecule has 28 heavy (non-hydrogen) atoms. The van der Waals surface area contributed by atoms with Crippen molar-refractivity contribution in [1.29, 1.82) is 5.26 Å². The van der Waals surface area contributed by atoms with Gasteiger partial charge in [0.2, 0.25) is 10.0 Å². The van der Waals surface area contributed by atoms with Crippen LogP contribution in [-0.4, -0.2) is 35.3 Å². The number of amides is 1. The first kappa shape index (κ1) is 19.3. The molecule has 0 fully saturated rings. The van der Waals surface area contributed by atoms with E-state index < -0.39 is 15.9 Å². The van der Waals surface area contributed by atoms with Crippen LogP contribution in [0, 0.1) is 11.3 Å². The zero-order chi connectivity index (χ0) is 20.3. The van der Waals surface area contributed by atoms with Gasteiger partial charge in [0.15, 0.2) is 5.82 Å². The fourth-order valence-electron chi connectivity index (χ4n) is 2.36. The summed E-state index contributed by atoms with van der Waals surface area (Å²) in [5.74, 6) is -0.195. The van der Waals surface area contributed by atoms with E-state index in [9.17, 15) is 13.2 Å². The molecule has 0 atom stereocenters. The molecule has 9 nitrogen and oxygen atoms in total. The van der Waals surface area contributed by atoms with Crippen molar-refractivity contribution in [3.05, 3.63) is 65.1 Å². The first-order chi connectivity index (χ1) is 13.2. The Morgan fingerprint density at radius 3 is 2.75 bits per heavy atom. The minimum atomic E-state index is -3.49. The second kappa shape index (κ2) is 7.67. The summed E-state index contributed by atoms with van der Waals surface area (Å²) in [4.78, 5) is 16.6. The zero-order valence-electron chi connectivity index (χ0n) is 14.4. The molecule has 0 aliphatic heterocycles. The summed E-state index contributed by atoms with van der Waals surface area (Å²) in [6.45, 7) is 0. The number of nitrogens with one attached hydrogen (secondary N) is 2. The van der Waals surface area contributed by atoms with Gasteiger partial charge in [-0.3, -0.25) is 9.52 Å². The highest BCUT2D eigenvalue weighted by molar-refractivity contribution is 7.92. The zero-order valence-corrected chi connectivity index (χ0v) is 16.0. The summed E-state index contributed by atoms with van der Waals surface area (Å²) >= 11 is 5.98. The third-order valence-electron chi connectivity index (χ3n) is 3.43. The van der Waals surface area contributed by atoms with Crippen molar-refractivity contribution in [3.8, 4) is 11.9 Å². The number of pyridine rings is 1. The number of carbonyl (C=O) groups excluding carboxylic acids is 1. The van der Waals surface area contributed by atoms with Crippen molar-refractivity contribution >= 4 is 38.9 Å². The van der Waals surface area contributed by atoms with Gasteiger partial charge in [0.05, 0.1) is 29.3 Å². The number of nitrogens with zero attached hydrogens (tertiary/aromatic N) is 4. The molecule has 0 spiro atoms. The van der Waals surface area contributed by atoms with Gasteiger partial charge in [-0.1, -0.05) is 11.6 Å². The van der Waals surface area contributed by atoms with E-state index in [2.05, 4.69) is 20.1 Å². The second-order valence-corrected chi connectivity index (χ2v) is 7.90. The van der Waals surface area contributed by atoms with Crippen LogP contribution in [0.1, 0.15) is 15.9 Å². The van der Waals surface area contributed by atoms with Gasteiger partial charge in [-0.15, -0.1) is 0 Å². The number of carbonyl (C=O) groups is 1. The molecule has 0 radical (unpaired) electrons. The van der Waals surface area contributed by atoms with E-state index in [-0.39, 0.29) is 16.3 Å². The number of rotatable bonds is 5. The highest BCUT2D eigenvalue weighted by Gasteiger charge is 2.13. The molecule has 11 heteroatoms. The molecule has 1 amide bonds. The fraction of sp³-hybridized carbons (Fsp3) is 0.0588. The van der Waals surface area contributed by atoms with E-state index in [1.54, 1.807) is 12.1 Å². The lowest BCUT2D eigenvalue weighted by Gasteiger charge is -2.09. The van der Waals surface area contributed by atoms with Crippen LogP contribution in [0.2, 0.25) is 5.02 Å². The number of sulfonamides is 1. The molecule has 2 heterocycles. The largest absolute Gasteiger partial charge is 0.322 e. The molecule has 142 valence electrons.